The molecule has 0 radical (unpaired) electrons. The van der Waals surface area contributed by atoms with E-state index in [1.165, 1.54) is 11.3 Å². The van der Waals surface area contributed by atoms with E-state index in [9.17, 15) is 4.79 Å². The van der Waals surface area contributed by atoms with Gasteiger partial charge in [-0.1, -0.05) is 18.2 Å². The number of carbonyl (C=O) groups excluding carboxylic acids is 1. The van der Waals surface area contributed by atoms with E-state index in [1.54, 1.807) is 0 Å². The topological polar surface area (TPSA) is 47.4 Å². The summed E-state index contributed by atoms with van der Waals surface area (Å²) in [6.07, 6.45) is 2.19. The quantitative estimate of drug-likeness (QED) is 0.697. The van der Waals surface area contributed by atoms with E-state index in [-0.39, 0.29) is 12.0 Å². The largest absolute Gasteiger partial charge is 0.377 e. The van der Waals surface area contributed by atoms with E-state index in [1.807, 2.05) is 59.8 Å². The molecule has 1 atom stereocenters. The number of thiophene rings is 1. The molecule has 0 aliphatic carbocycles. The third kappa shape index (κ3) is 3.15. The van der Waals surface area contributed by atoms with Gasteiger partial charge in [-0.15, -0.1) is 11.3 Å². The third-order valence-corrected chi connectivity index (χ3v) is 5.92. The molecule has 26 heavy (non-hydrogen) atoms. The molecule has 3 heterocycles. The highest BCUT2D eigenvalue weighted by atomic mass is 32.1. The number of carbonyl (C=O) groups is 1. The lowest BCUT2D eigenvalue weighted by Crippen LogP contribution is -2.43. The molecular formula is C20H23N3O2S. The van der Waals surface area contributed by atoms with Crippen molar-refractivity contribution < 1.29 is 9.53 Å². The molecule has 1 aliphatic heterocycles. The standard InChI is InChI=1S/C20H23N3O2S/c1-3-25-16-10-7-11-22(13-16)19(24)18-12-17-14(2)21-23(20(17)26-18)15-8-5-4-6-9-15/h4-6,8-9,12,16H,3,7,10-11,13H2,1-2H3. The van der Waals surface area contributed by atoms with Crippen molar-refractivity contribution in [2.24, 2.45) is 0 Å². The van der Waals surface area contributed by atoms with Gasteiger partial charge in [-0.3, -0.25) is 4.79 Å². The molecule has 1 aromatic carbocycles. The smallest absolute Gasteiger partial charge is 0.264 e. The normalized spacial score (nSPS) is 17.8. The van der Waals surface area contributed by atoms with Crippen molar-refractivity contribution in [2.75, 3.05) is 19.7 Å². The molecule has 1 saturated heterocycles. The summed E-state index contributed by atoms with van der Waals surface area (Å²) in [5.41, 5.74) is 1.96. The van der Waals surface area contributed by atoms with Crippen LogP contribution in [0.15, 0.2) is 36.4 Å². The second-order valence-corrected chi connectivity index (χ2v) is 7.66. The van der Waals surface area contributed by atoms with Crippen molar-refractivity contribution in [3.8, 4) is 5.69 Å². The molecule has 0 saturated carbocycles. The summed E-state index contributed by atoms with van der Waals surface area (Å²) in [6, 6.07) is 12.0. The molecule has 6 heteroatoms. The van der Waals surface area contributed by atoms with Gasteiger partial charge in [-0.25, -0.2) is 4.68 Å². The zero-order valence-electron chi connectivity index (χ0n) is 15.1. The lowest BCUT2D eigenvalue weighted by atomic mass is 10.1. The first kappa shape index (κ1) is 17.2. The first-order valence-corrected chi connectivity index (χ1v) is 9.94. The number of nitrogens with zero attached hydrogens (tertiary/aromatic N) is 3. The Morgan fingerprint density at radius 2 is 2.15 bits per heavy atom. The molecule has 1 unspecified atom stereocenters. The number of aryl methyl sites for hydroxylation is 1. The number of benzene rings is 1. The Labute approximate surface area is 157 Å². The molecule has 3 aromatic rings. The number of aromatic nitrogens is 2. The fourth-order valence-electron chi connectivity index (χ4n) is 3.55. The van der Waals surface area contributed by atoms with Crippen LogP contribution in [0.25, 0.3) is 15.9 Å². The van der Waals surface area contributed by atoms with Crippen LogP contribution >= 0.6 is 11.3 Å². The highest BCUT2D eigenvalue weighted by molar-refractivity contribution is 7.20. The van der Waals surface area contributed by atoms with E-state index in [4.69, 9.17) is 4.74 Å². The number of piperidine rings is 1. The molecule has 0 bridgehead atoms. The van der Waals surface area contributed by atoms with Crippen molar-refractivity contribution in [1.82, 2.24) is 14.7 Å². The minimum absolute atomic E-state index is 0.106. The van der Waals surface area contributed by atoms with Crippen molar-refractivity contribution >= 4 is 27.5 Å². The van der Waals surface area contributed by atoms with Gasteiger partial charge in [0.05, 0.1) is 22.4 Å². The van der Waals surface area contributed by atoms with E-state index in [2.05, 4.69) is 5.10 Å². The third-order valence-electron chi connectivity index (χ3n) is 4.82. The first-order chi connectivity index (χ1) is 12.7. The number of para-hydroxylation sites is 1. The summed E-state index contributed by atoms with van der Waals surface area (Å²) >= 11 is 1.52. The fourth-order valence-corrected chi connectivity index (χ4v) is 4.70. The monoisotopic (exact) mass is 369 g/mol. The van der Waals surface area contributed by atoms with Gasteiger partial charge in [0.2, 0.25) is 0 Å². The van der Waals surface area contributed by atoms with Gasteiger partial charge >= 0.3 is 0 Å². The molecule has 2 aromatic heterocycles. The highest BCUT2D eigenvalue weighted by Gasteiger charge is 2.26. The molecule has 1 aliphatic rings. The summed E-state index contributed by atoms with van der Waals surface area (Å²) in [5, 5.41) is 5.71. The van der Waals surface area contributed by atoms with Crippen LogP contribution in [0.5, 0.6) is 0 Å². The van der Waals surface area contributed by atoms with Crippen LogP contribution in [0.1, 0.15) is 35.1 Å². The molecule has 0 spiro atoms. The van der Waals surface area contributed by atoms with Gasteiger partial charge in [-0.2, -0.15) is 5.10 Å². The predicted octanol–water partition coefficient (Wildman–Crippen LogP) is 4.04. The van der Waals surface area contributed by atoms with Crippen LogP contribution in [0.3, 0.4) is 0 Å². The number of hydrogen-bond donors (Lipinski definition) is 0. The van der Waals surface area contributed by atoms with Gasteiger partial charge in [-0.05, 0) is 44.9 Å². The Bertz CT molecular complexity index is 914. The summed E-state index contributed by atoms with van der Waals surface area (Å²) in [6.45, 7) is 6.19. The van der Waals surface area contributed by atoms with E-state index < -0.39 is 0 Å². The number of likely N-dealkylation sites (tertiary alicyclic amines) is 1. The fraction of sp³-hybridized carbons (Fsp3) is 0.400. The van der Waals surface area contributed by atoms with Crippen molar-refractivity contribution in [3.05, 3.63) is 47.0 Å². The second-order valence-electron chi connectivity index (χ2n) is 6.63. The average Bonchev–Trinajstić information content (AvgIpc) is 3.23. The Balaban J connectivity index is 1.64. The van der Waals surface area contributed by atoms with Gasteiger partial charge < -0.3 is 9.64 Å². The van der Waals surface area contributed by atoms with Gasteiger partial charge in [0.1, 0.15) is 4.83 Å². The van der Waals surface area contributed by atoms with Crippen molar-refractivity contribution in [1.29, 1.82) is 0 Å². The Morgan fingerprint density at radius 1 is 1.35 bits per heavy atom. The molecule has 4 rings (SSSR count). The lowest BCUT2D eigenvalue weighted by Gasteiger charge is -2.32. The first-order valence-electron chi connectivity index (χ1n) is 9.13. The minimum atomic E-state index is 0.106. The number of hydrogen-bond acceptors (Lipinski definition) is 4. The van der Waals surface area contributed by atoms with E-state index in [0.717, 1.165) is 45.9 Å². The maximum Gasteiger partial charge on any atom is 0.264 e. The van der Waals surface area contributed by atoms with Crippen molar-refractivity contribution in [2.45, 2.75) is 32.8 Å². The summed E-state index contributed by atoms with van der Waals surface area (Å²) in [7, 11) is 0. The molecular weight excluding hydrogens is 346 g/mol. The number of fused-ring (bicyclic) bond motifs is 1. The van der Waals surface area contributed by atoms with Crippen molar-refractivity contribution in [3.63, 3.8) is 0 Å². The molecule has 5 nitrogen and oxygen atoms in total. The lowest BCUT2D eigenvalue weighted by molar-refractivity contribution is 0.00742. The maximum absolute atomic E-state index is 13.0. The van der Waals surface area contributed by atoms with Gasteiger partial charge in [0, 0.05) is 25.1 Å². The van der Waals surface area contributed by atoms with E-state index >= 15 is 0 Å². The van der Waals surface area contributed by atoms with Crippen LogP contribution in [0.2, 0.25) is 0 Å². The number of ether oxygens (including phenoxy) is 1. The highest BCUT2D eigenvalue weighted by Crippen LogP contribution is 2.31. The Hall–Kier alpha value is -2.18. The minimum Gasteiger partial charge on any atom is -0.377 e. The average molecular weight is 369 g/mol. The number of amides is 1. The van der Waals surface area contributed by atoms with Gasteiger partial charge in [0.25, 0.3) is 5.91 Å². The number of rotatable bonds is 4. The zero-order valence-corrected chi connectivity index (χ0v) is 16.0. The molecule has 136 valence electrons. The Kier molecular flexibility index (Phi) is 4.78. The second kappa shape index (κ2) is 7.21. The van der Waals surface area contributed by atoms with Crippen LogP contribution in [-0.2, 0) is 4.74 Å². The summed E-state index contributed by atoms with van der Waals surface area (Å²) in [5.74, 6) is 0.106. The van der Waals surface area contributed by atoms with Gasteiger partial charge in [0.15, 0.2) is 0 Å². The molecule has 1 amide bonds. The summed E-state index contributed by atoms with van der Waals surface area (Å²) in [4.78, 5) is 16.8. The predicted molar refractivity (Wildman–Crippen MR) is 104 cm³/mol. The van der Waals surface area contributed by atoms with Crippen LogP contribution in [-0.4, -0.2) is 46.4 Å². The van der Waals surface area contributed by atoms with Crippen LogP contribution in [0, 0.1) is 6.92 Å². The maximum atomic E-state index is 13.0. The summed E-state index contributed by atoms with van der Waals surface area (Å²) < 4.78 is 7.67. The van der Waals surface area contributed by atoms with Crippen LogP contribution < -0.4 is 0 Å². The zero-order chi connectivity index (χ0) is 18.1. The van der Waals surface area contributed by atoms with E-state index in [0.29, 0.717) is 13.2 Å². The van der Waals surface area contributed by atoms with Crippen LogP contribution in [0.4, 0.5) is 0 Å². The Morgan fingerprint density at radius 3 is 2.92 bits per heavy atom. The molecule has 0 N–H and O–H groups in total. The molecule has 1 fully saturated rings. The SMILES string of the molecule is CCOC1CCCN(C(=O)c2cc3c(C)nn(-c4ccccc4)c3s2)C1.